The Labute approximate surface area is 116 Å². The first-order valence-electron chi connectivity index (χ1n) is 5.79. The first-order valence-corrected chi connectivity index (χ1v) is 7.28. The Morgan fingerprint density at radius 3 is 2.45 bits per heavy atom. The monoisotopic (exact) mass is 297 g/mol. The van der Waals surface area contributed by atoms with Crippen LogP contribution in [0.25, 0.3) is 0 Å². The minimum atomic E-state index is -3.73. The quantitative estimate of drug-likeness (QED) is 0.548. The van der Waals surface area contributed by atoms with Crippen molar-refractivity contribution in [3.8, 4) is 0 Å². The summed E-state index contributed by atoms with van der Waals surface area (Å²) in [6, 6.07) is 2.99. The van der Waals surface area contributed by atoms with Gasteiger partial charge >= 0.3 is 0 Å². The van der Waals surface area contributed by atoms with Crippen molar-refractivity contribution in [3.05, 3.63) is 36.0 Å². The Bertz CT molecular complexity index is 680. The standard InChI is InChI=1S/C11H15N5O3S/c1-7-3-4-10(19-7)8(2)16-20(17,18)9-5-13-11(15-12)14-6-9/h3-6,8,16H,12H2,1-2H3,(H,13,14,15). The molecule has 8 nitrogen and oxygen atoms in total. The Kier molecular flexibility index (Phi) is 4.02. The average Bonchev–Trinajstić information content (AvgIpc) is 2.85. The third kappa shape index (κ3) is 3.13. The molecule has 1 unspecified atom stereocenters. The molecule has 108 valence electrons. The highest BCUT2D eigenvalue weighted by molar-refractivity contribution is 7.89. The lowest BCUT2D eigenvalue weighted by Crippen LogP contribution is -2.27. The molecule has 0 saturated heterocycles. The van der Waals surface area contributed by atoms with Crippen LogP contribution in [0.3, 0.4) is 0 Å². The summed E-state index contributed by atoms with van der Waals surface area (Å²) < 4.78 is 32.1. The summed E-state index contributed by atoms with van der Waals surface area (Å²) in [6.07, 6.45) is 2.34. The number of aromatic nitrogens is 2. The number of nitrogen functional groups attached to an aromatic ring is 1. The summed E-state index contributed by atoms with van der Waals surface area (Å²) in [6.45, 7) is 3.48. The van der Waals surface area contributed by atoms with Crippen LogP contribution >= 0.6 is 0 Å². The zero-order valence-electron chi connectivity index (χ0n) is 11.0. The maximum absolute atomic E-state index is 12.1. The number of anilines is 1. The van der Waals surface area contributed by atoms with Gasteiger partial charge in [0.25, 0.3) is 0 Å². The van der Waals surface area contributed by atoms with E-state index in [1.165, 1.54) is 12.4 Å². The predicted molar refractivity (Wildman–Crippen MR) is 72.0 cm³/mol. The van der Waals surface area contributed by atoms with Gasteiger partial charge in [0, 0.05) is 0 Å². The third-order valence-electron chi connectivity index (χ3n) is 2.59. The average molecular weight is 297 g/mol. The number of nitrogens with one attached hydrogen (secondary N) is 2. The van der Waals surface area contributed by atoms with E-state index in [0.29, 0.717) is 11.5 Å². The van der Waals surface area contributed by atoms with Crippen molar-refractivity contribution < 1.29 is 12.8 Å². The zero-order chi connectivity index (χ0) is 14.8. The Balaban J connectivity index is 2.17. The summed E-state index contributed by atoms with van der Waals surface area (Å²) in [5.41, 5.74) is 2.22. The second-order valence-electron chi connectivity index (χ2n) is 4.18. The van der Waals surface area contributed by atoms with Gasteiger partial charge in [-0.25, -0.2) is 29.0 Å². The van der Waals surface area contributed by atoms with E-state index in [1.807, 2.05) is 0 Å². The van der Waals surface area contributed by atoms with Crippen LogP contribution in [0.5, 0.6) is 0 Å². The smallest absolute Gasteiger partial charge is 0.244 e. The minimum absolute atomic E-state index is 0.0494. The normalized spacial score (nSPS) is 13.2. The first kappa shape index (κ1) is 14.4. The first-order chi connectivity index (χ1) is 9.42. The van der Waals surface area contributed by atoms with Crippen LogP contribution < -0.4 is 16.0 Å². The van der Waals surface area contributed by atoms with Crippen LogP contribution in [0.4, 0.5) is 5.95 Å². The van der Waals surface area contributed by atoms with E-state index in [1.54, 1.807) is 26.0 Å². The van der Waals surface area contributed by atoms with Gasteiger partial charge in [0.05, 0.1) is 18.4 Å². The molecule has 0 fully saturated rings. The summed E-state index contributed by atoms with van der Waals surface area (Å²) in [5.74, 6) is 6.50. The molecule has 1 atom stereocenters. The maximum atomic E-state index is 12.1. The number of aryl methyl sites for hydroxylation is 1. The fraction of sp³-hybridized carbons (Fsp3) is 0.273. The molecule has 4 N–H and O–H groups in total. The summed E-state index contributed by atoms with van der Waals surface area (Å²) >= 11 is 0. The number of hydrazine groups is 1. The van der Waals surface area contributed by atoms with Crippen molar-refractivity contribution >= 4 is 16.0 Å². The van der Waals surface area contributed by atoms with Crippen LogP contribution in [-0.2, 0) is 10.0 Å². The number of rotatable bonds is 5. The van der Waals surface area contributed by atoms with E-state index in [4.69, 9.17) is 10.3 Å². The van der Waals surface area contributed by atoms with Crippen LogP contribution in [0.2, 0.25) is 0 Å². The molecule has 0 aliphatic rings. The fourth-order valence-electron chi connectivity index (χ4n) is 1.57. The molecule has 9 heteroatoms. The van der Waals surface area contributed by atoms with Crippen molar-refractivity contribution in [2.24, 2.45) is 5.84 Å². The van der Waals surface area contributed by atoms with Crippen molar-refractivity contribution in [2.45, 2.75) is 24.8 Å². The molecule has 0 amide bonds. The highest BCUT2D eigenvalue weighted by Crippen LogP contribution is 2.18. The van der Waals surface area contributed by atoms with Gasteiger partial charge in [-0.15, -0.1) is 0 Å². The third-order valence-corrected chi connectivity index (χ3v) is 4.08. The SMILES string of the molecule is Cc1ccc(C(C)NS(=O)(=O)c2cnc(NN)nc2)o1. The van der Waals surface area contributed by atoms with Gasteiger partial charge in [0.15, 0.2) is 0 Å². The Morgan fingerprint density at radius 2 is 1.95 bits per heavy atom. The van der Waals surface area contributed by atoms with E-state index in [9.17, 15) is 8.42 Å². The van der Waals surface area contributed by atoms with Gasteiger partial charge in [0.1, 0.15) is 16.4 Å². The van der Waals surface area contributed by atoms with Crippen LogP contribution in [0.15, 0.2) is 33.8 Å². The molecule has 0 radical (unpaired) electrons. The van der Waals surface area contributed by atoms with E-state index >= 15 is 0 Å². The van der Waals surface area contributed by atoms with Gasteiger partial charge in [-0.3, -0.25) is 5.43 Å². The van der Waals surface area contributed by atoms with Gasteiger partial charge in [-0.05, 0) is 26.0 Å². The topological polar surface area (TPSA) is 123 Å². The molecule has 2 rings (SSSR count). The number of hydrogen-bond donors (Lipinski definition) is 3. The molecule has 0 spiro atoms. The molecule has 2 aromatic heterocycles. The lowest BCUT2D eigenvalue weighted by atomic mass is 10.3. The van der Waals surface area contributed by atoms with Crippen molar-refractivity contribution in [1.82, 2.24) is 14.7 Å². The second kappa shape index (κ2) is 5.57. The molecule has 0 aliphatic heterocycles. The van der Waals surface area contributed by atoms with Gasteiger partial charge in [0.2, 0.25) is 16.0 Å². The summed E-state index contributed by atoms with van der Waals surface area (Å²) in [5, 5.41) is 0. The number of nitrogens with zero attached hydrogens (tertiary/aromatic N) is 2. The molecular weight excluding hydrogens is 282 g/mol. The molecule has 2 aromatic rings. The van der Waals surface area contributed by atoms with Crippen LogP contribution in [0.1, 0.15) is 24.5 Å². The van der Waals surface area contributed by atoms with Gasteiger partial charge in [-0.2, -0.15) is 0 Å². The van der Waals surface area contributed by atoms with E-state index in [0.717, 1.165) is 0 Å². The fourth-order valence-corrected chi connectivity index (χ4v) is 2.68. The number of hydrogen-bond acceptors (Lipinski definition) is 7. The summed E-state index contributed by atoms with van der Waals surface area (Å²) in [7, 11) is -3.73. The highest BCUT2D eigenvalue weighted by atomic mass is 32.2. The van der Waals surface area contributed by atoms with Crippen molar-refractivity contribution in [2.75, 3.05) is 5.43 Å². The number of furan rings is 1. The minimum Gasteiger partial charge on any atom is -0.465 e. The van der Waals surface area contributed by atoms with Crippen LogP contribution in [0, 0.1) is 6.92 Å². The van der Waals surface area contributed by atoms with Crippen molar-refractivity contribution in [1.29, 1.82) is 0 Å². The lowest BCUT2D eigenvalue weighted by molar-refractivity contribution is 0.441. The van der Waals surface area contributed by atoms with Crippen molar-refractivity contribution in [3.63, 3.8) is 0 Å². The van der Waals surface area contributed by atoms with Crippen LogP contribution in [-0.4, -0.2) is 18.4 Å². The maximum Gasteiger partial charge on any atom is 0.244 e. The molecule has 0 aromatic carbocycles. The molecule has 0 saturated carbocycles. The summed E-state index contributed by atoms with van der Waals surface area (Å²) in [4.78, 5) is 7.47. The molecular formula is C11H15N5O3S. The van der Waals surface area contributed by atoms with E-state index in [2.05, 4.69) is 20.1 Å². The molecule has 20 heavy (non-hydrogen) atoms. The van der Waals surface area contributed by atoms with Gasteiger partial charge < -0.3 is 4.42 Å². The van der Waals surface area contributed by atoms with E-state index < -0.39 is 16.1 Å². The highest BCUT2D eigenvalue weighted by Gasteiger charge is 2.21. The molecule has 0 bridgehead atoms. The molecule has 2 heterocycles. The lowest BCUT2D eigenvalue weighted by Gasteiger charge is -2.11. The Morgan fingerprint density at radius 1 is 1.30 bits per heavy atom. The zero-order valence-corrected chi connectivity index (χ0v) is 11.8. The number of sulfonamides is 1. The van der Waals surface area contributed by atoms with E-state index in [-0.39, 0.29) is 10.8 Å². The largest absolute Gasteiger partial charge is 0.465 e. The second-order valence-corrected chi connectivity index (χ2v) is 5.89. The van der Waals surface area contributed by atoms with Gasteiger partial charge in [-0.1, -0.05) is 0 Å². The molecule has 0 aliphatic carbocycles. The predicted octanol–water partition coefficient (Wildman–Crippen LogP) is 0.703. The number of nitrogens with two attached hydrogens (primary N) is 1. The Hall–Kier alpha value is -1.97.